The molecule has 0 heterocycles. The molecule has 1 aliphatic carbocycles. The zero-order chi connectivity index (χ0) is 13.1. The maximum atomic E-state index is 11.5. The van der Waals surface area contributed by atoms with E-state index in [9.17, 15) is 8.42 Å². The molecule has 0 aromatic heterocycles. The molecule has 0 spiro atoms. The molecule has 1 N–H and O–H groups in total. The summed E-state index contributed by atoms with van der Waals surface area (Å²) >= 11 is 0. The van der Waals surface area contributed by atoms with Gasteiger partial charge in [-0.1, -0.05) is 27.2 Å². The van der Waals surface area contributed by atoms with Gasteiger partial charge in [-0.3, -0.25) is 0 Å². The van der Waals surface area contributed by atoms with Gasteiger partial charge in [-0.05, 0) is 31.6 Å². The number of rotatable bonds is 5. The Hall–Kier alpha value is -0.0900. The summed E-state index contributed by atoms with van der Waals surface area (Å²) < 4.78 is 23.1. The zero-order valence-corrected chi connectivity index (χ0v) is 12.4. The van der Waals surface area contributed by atoms with E-state index in [0.29, 0.717) is 11.5 Å². The van der Waals surface area contributed by atoms with E-state index in [1.807, 2.05) is 6.92 Å². The van der Waals surface area contributed by atoms with E-state index in [-0.39, 0.29) is 17.5 Å². The lowest BCUT2D eigenvalue weighted by Crippen LogP contribution is -2.44. The summed E-state index contributed by atoms with van der Waals surface area (Å²) in [6.07, 6.45) is 4.87. The predicted molar refractivity (Wildman–Crippen MR) is 73.0 cm³/mol. The third-order valence-corrected chi connectivity index (χ3v) is 5.56. The summed E-state index contributed by atoms with van der Waals surface area (Å²) in [6, 6.07) is 0.555. The van der Waals surface area contributed by atoms with Gasteiger partial charge in [-0.25, -0.2) is 8.42 Å². The molecule has 0 radical (unpaired) electrons. The van der Waals surface area contributed by atoms with Crippen molar-refractivity contribution < 1.29 is 8.42 Å². The first-order chi connectivity index (χ1) is 7.74. The summed E-state index contributed by atoms with van der Waals surface area (Å²) in [7, 11) is -2.86. The van der Waals surface area contributed by atoms with Crippen LogP contribution in [-0.2, 0) is 9.84 Å². The van der Waals surface area contributed by atoms with Gasteiger partial charge in [-0.15, -0.1) is 0 Å². The lowest BCUT2D eigenvalue weighted by atomic mass is 9.75. The minimum Gasteiger partial charge on any atom is -0.310 e. The first kappa shape index (κ1) is 15.0. The molecular weight excluding hydrogens is 234 g/mol. The fourth-order valence-corrected chi connectivity index (χ4v) is 3.88. The highest BCUT2D eigenvalue weighted by atomic mass is 32.2. The van der Waals surface area contributed by atoms with Gasteiger partial charge in [0, 0.05) is 17.8 Å². The highest BCUT2D eigenvalue weighted by molar-refractivity contribution is 7.91. The van der Waals surface area contributed by atoms with Gasteiger partial charge in [-0.2, -0.15) is 0 Å². The third-order valence-electron chi connectivity index (χ3n) is 3.67. The van der Waals surface area contributed by atoms with Crippen molar-refractivity contribution >= 4 is 9.84 Å². The standard InChI is InChI=1S/C13H27NO2S/c1-5-17(15,16)10-11(2)14-12-7-6-8-13(3,4)9-12/h11-12,14H,5-10H2,1-4H3. The Bertz CT molecular complexity index is 335. The molecule has 1 rings (SSSR count). The molecule has 1 saturated carbocycles. The summed E-state index contributed by atoms with van der Waals surface area (Å²) in [6.45, 7) is 8.29. The van der Waals surface area contributed by atoms with Crippen molar-refractivity contribution in [2.45, 2.75) is 65.5 Å². The third kappa shape index (κ3) is 5.38. The number of sulfone groups is 1. The maximum Gasteiger partial charge on any atom is 0.151 e. The largest absolute Gasteiger partial charge is 0.310 e. The Labute approximate surface area is 106 Å². The van der Waals surface area contributed by atoms with Crippen molar-refractivity contribution in [1.29, 1.82) is 0 Å². The van der Waals surface area contributed by atoms with Crippen molar-refractivity contribution in [3.05, 3.63) is 0 Å². The molecule has 2 atom stereocenters. The van der Waals surface area contributed by atoms with Crippen LogP contribution in [0.2, 0.25) is 0 Å². The van der Waals surface area contributed by atoms with E-state index in [1.54, 1.807) is 6.92 Å². The smallest absolute Gasteiger partial charge is 0.151 e. The second kappa shape index (κ2) is 5.70. The van der Waals surface area contributed by atoms with Crippen molar-refractivity contribution in [3.8, 4) is 0 Å². The van der Waals surface area contributed by atoms with Crippen LogP contribution in [0.1, 0.15) is 53.4 Å². The lowest BCUT2D eigenvalue weighted by molar-refractivity contribution is 0.193. The van der Waals surface area contributed by atoms with Gasteiger partial charge in [0.25, 0.3) is 0 Å². The van der Waals surface area contributed by atoms with E-state index in [4.69, 9.17) is 0 Å². The highest BCUT2D eigenvalue weighted by Crippen LogP contribution is 2.35. The first-order valence-electron chi connectivity index (χ1n) is 6.70. The normalized spacial score (nSPS) is 26.7. The minimum atomic E-state index is -2.86. The van der Waals surface area contributed by atoms with Crippen LogP contribution in [0.15, 0.2) is 0 Å². The monoisotopic (exact) mass is 261 g/mol. The van der Waals surface area contributed by atoms with Gasteiger partial charge >= 0.3 is 0 Å². The summed E-state index contributed by atoms with van der Waals surface area (Å²) in [4.78, 5) is 0. The van der Waals surface area contributed by atoms with E-state index >= 15 is 0 Å². The quantitative estimate of drug-likeness (QED) is 0.826. The van der Waals surface area contributed by atoms with Gasteiger partial charge in [0.15, 0.2) is 9.84 Å². The van der Waals surface area contributed by atoms with Crippen molar-refractivity contribution in [1.82, 2.24) is 5.32 Å². The van der Waals surface area contributed by atoms with E-state index in [2.05, 4.69) is 19.2 Å². The van der Waals surface area contributed by atoms with E-state index in [0.717, 1.165) is 6.42 Å². The molecule has 1 aliphatic rings. The second-order valence-electron chi connectivity index (χ2n) is 6.22. The Morgan fingerprint density at radius 3 is 2.59 bits per heavy atom. The summed E-state index contributed by atoms with van der Waals surface area (Å²) in [5, 5.41) is 3.49. The van der Waals surface area contributed by atoms with Crippen molar-refractivity contribution in [2.75, 3.05) is 11.5 Å². The first-order valence-corrected chi connectivity index (χ1v) is 8.53. The second-order valence-corrected chi connectivity index (χ2v) is 8.62. The Kier molecular flexibility index (Phi) is 5.02. The fourth-order valence-electron chi connectivity index (χ4n) is 2.79. The van der Waals surface area contributed by atoms with Crippen LogP contribution < -0.4 is 5.32 Å². The van der Waals surface area contributed by atoms with Gasteiger partial charge < -0.3 is 5.32 Å². The van der Waals surface area contributed by atoms with Gasteiger partial charge in [0.05, 0.1) is 5.75 Å². The molecule has 3 nitrogen and oxygen atoms in total. The number of hydrogen-bond donors (Lipinski definition) is 1. The van der Waals surface area contributed by atoms with Crippen LogP contribution in [0.4, 0.5) is 0 Å². The van der Waals surface area contributed by atoms with Crippen LogP contribution >= 0.6 is 0 Å². The highest BCUT2D eigenvalue weighted by Gasteiger charge is 2.29. The lowest BCUT2D eigenvalue weighted by Gasteiger charge is -2.37. The zero-order valence-electron chi connectivity index (χ0n) is 11.6. The molecule has 102 valence electrons. The van der Waals surface area contributed by atoms with Crippen LogP contribution in [-0.4, -0.2) is 32.0 Å². The Balaban J connectivity index is 2.44. The molecule has 1 fully saturated rings. The van der Waals surface area contributed by atoms with Gasteiger partial charge in [0.1, 0.15) is 0 Å². The molecule has 2 unspecified atom stereocenters. The molecule has 0 bridgehead atoms. The Morgan fingerprint density at radius 2 is 2.06 bits per heavy atom. The maximum absolute atomic E-state index is 11.5. The van der Waals surface area contributed by atoms with E-state index < -0.39 is 9.84 Å². The van der Waals surface area contributed by atoms with Crippen LogP contribution in [0.25, 0.3) is 0 Å². The minimum absolute atomic E-state index is 0.0684. The summed E-state index contributed by atoms with van der Waals surface area (Å²) in [5.74, 6) is 0.510. The van der Waals surface area contributed by atoms with Gasteiger partial charge in [0.2, 0.25) is 0 Å². The molecule has 0 aromatic carbocycles. The topological polar surface area (TPSA) is 46.2 Å². The number of nitrogens with one attached hydrogen (secondary N) is 1. The summed E-state index contributed by atoms with van der Waals surface area (Å²) in [5.41, 5.74) is 0.402. The number of hydrogen-bond acceptors (Lipinski definition) is 3. The predicted octanol–water partition coefficient (Wildman–Crippen LogP) is 2.37. The Morgan fingerprint density at radius 1 is 1.41 bits per heavy atom. The molecule has 0 saturated heterocycles. The van der Waals surface area contributed by atoms with Crippen LogP contribution in [0.3, 0.4) is 0 Å². The molecular formula is C13H27NO2S. The average Bonchev–Trinajstić information content (AvgIpc) is 2.14. The van der Waals surface area contributed by atoms with Crippen molar-refractivity contribution in [2.24, 2.45) is 5.41 Å². The molecule has 0 amide bonds. The molecule has 0 aromatic rings. The average molecular weight is 261 g/mol. The van der Waals surface area contributed by atoms with Crippen molar-refractivity contribution in [3.63, 3.8) is 0 Å². The SMILES string of the molecule is CCS(=O)(=O)CC(C)NC1CCCC(C)(C)C1. The van der Waals surface area contributed by atoms with Crippen LogP contribution in [0.5, 0.6) is 0 Å². The molecule has 17 heavy (non-hydrogen) atoms. The van der Waals surface area contributed by atoms with E-state index in [1.165, 1.54) is 19.3 Å². The van der Waals surface area contributed by atoms with Crippen LogP contribution in [0, 0.1) is 5.41 Å². The molecule has 4 heteroatoms. The fraction of sp³-hybridized carbons (Fsp3) is 1.00. The molecule has 0 aliphatic heterocycles.